The van der Waals surface area contributed by atoms with Gasteiger partial charge in [0.2, 0.25) is 5.69 Å². The SMILES string of the molecule is [C-]#[N+]c1ccc(-c2cc(C(=O)N3CCC[C@@H](N)C3)sc2-c2ccc3oncc3c2)cc1F. The summed E-state index contributed by atoms with van der Waals surface area (Å²) in [6, 6.07) is 12.0. The third kappa shape index (κ3) is 3.66. The van der Waals surface area contributed by atoms with Gasteiger partial charge in [0, 0.05) is 35.0 Å². The summed E-state index contributed by atoms with van der Waals surface area (Å²) < 4.78 is 19.6. The Labute approximate surface area is 187 Å². The van der Waals surface area contributed by atoms with Crippen LogP contribution in [-0.2, 0) is 0 Å². The quantitative estimate of drug-likeness (QED) is 0.423. The molecule has 5 rings (SSSR count). The molecule has 4 aromatic rings. The number of piperidine rings is 1. The maximum Gasteiger partial charge on any atom is 0.264 e. The minimum atomic E-state index is -0.584. The molecule has 1 aliphatic rings. The Kier molecular flexibility index (Phi) is 5.21. The van der Waals surface area contributed by atoms with E-state index >= 15 is 0 Å². The van der Waals surface area contributed by atoms with Crippen molar-refractivity contribution in [1.29, 1.82) is 0 Å². The first-order chi connectivity index (χ1) is 15.5. The van der Waals surface area contributed by atoms with E-state index in [1.807, 2.05) is 24.3 Å². The van der Waals surface area contributed by atoms with Crippen LogP contribution in [0.15, 0.2) is 53.2 Å². The average molecular weight is 447 g/mol. The van der Waals surface area contributed by atoms with E-state index in [4.69, 9.17) is 16.8 Å². The standard InChI is InChI=1S/C24H19FN4O2S/c1-27-20-6-4-14(10-19(20)25)18-11-22(24(30)29-8-2-3-17(26)13-29)32-23(18)15-5-7-21-16(9-15)12-28-31-21/h4-7,9-12,17H,2-3,8,13,26H2/t17-/m1/s1. The van der Waals surface area contributed by atoms with Gasteiger partial charge in [-0.05, 0) is 54.3 Å². The van der Waals surface area contributed by atoms with Gasteiger partial charge in [0.05, 0.1) is 17.6 Å². The van der Waals surface area contributed by atoms with Crippen LogP contribution in [-0.4, -0.2) is 35.1 Å². The van der Waals surface area contributed by atoms with E-state index in [0.717, 1.165) is 34.2 Å². The maximum atomic E-state index is 14.4. The van der Waals surface area contributed by atoms with Gasteiger partial charge in [0.25, 0.3) is 5.91 Å². The fraction of sp³-hybridized carbons (Fsp3) is 0.208. The van der Waals surface area contributed by atoms with Crippen LogP contribution in [0.1, 0.15) is 22.5 Å². The van der Waals surface area contributed by atoms with Crippen LogP contribution < -0.4 is 5.73 Å². The fourth-order valence-corrected chi connectivity index (χ4v) is 5.20. The summed E-state index contributed by atoms with van der Waals surface area (Å²) in [5, 5.41) is 4.67. The van der Waals surface area contributed by atoms with Crippen molar-refractivity contribution in [2.75, 3.05) is 13.1 Å². The highest BCUT2D eigenvalue weighted by atomic mass is 32.1. The number of fused-ring (bicyclic) bond motifs is 1. The second kappa shape index (κ2) is 8.19. The number of rotatable bonds is 3. The first kappa shape index (κ1) is 20.4. The Balaban J connectivity index is 1.62. The van der Waals surface area contributed by atoms with Crippen molar-refractivity contribution in [3.05, 3.63) is 70.8 Å². The molecule has 1 amide bonds. The van der Waals surface area contributed by atoms with Crippen LogP contribution in [0.4, 0.5) is 10.1 Å². The normalized spacial score (nSPS) is 16.3. The maximum absolute atomic E-state index is 14.4. The summed E-state index contributed by atoms with van der Waals surface area (Å²) in [6.45, 7) is 8.31. The van der Waals surface area contributed by atoms with Crippen LogP contribution in [0.3, 0.4) is 0 Å². The van der Waals surface area contributed by atoms with E-state index in [1.165, 1.54) is 23.5 Å². The van der Waals surface area contributed by atoms with E-state index in [2.05, 4.69) is 10.0 Å². The highest BCUT2D eigenvalue weighted by Gasteiger charge is 2.26. The molecule has 0 unspecified atom stereocenters. The summed E-state index contributed by atoms with van der Waals surface area (Å²) in [7, 11) is 0. The lowest BCUT2D eigenvalue weighted by Gasteiger charge is -2.30. The largest absolute Gasteiger partial charge is 0.356 e. The van der Waals surface area contributed by atoms with Gasteiger partial charge in [0.15, 0.2) is 5.58 Å². The molecule has 160 valence electrons. The lowest BCUT2D eigenvalue weighted by atomic mass is 10.0. The van der Waals surface area contributed by atoms with Crippen LogP contribution in [0.5, 0.6) is 0 Å². The summed E-state index contributed by atoms with van der Waals surface area (Å²) in [4.78, 5) is 19.7. The smallest absolute Gasteiger partial charge is 0.264 e. The molecule has 0 spiro atoms. The van der Waals surface area contributed by atoms with E-state index in [1.54, 1.807) is 17.2 Å². The van der Waals surface area contributed by atoms with Crippen LogP contribution in [0, 0.1) is 12.4 Å². The van der Waals surface area contributed by atoms with Crippen molar-refractivity contribution in [3.63, 3.8) is 0 Å². The molecule has 0 saturated carbocycles. The van der Waals surface area contributed by atoms with Crippen LogP contribution in [0.2, 0.25) is 0 Å². The number of aromatic nitrogens is 1. The Morgan fingerprint density at radius 3 is 2.88 bits per heavy atom. The van der Waals surface area contributed by atoms with Crippen molar-refractivity contribution in [3.8, 4) is 21.6 Å². The number of nitrogens with zero attached hydrogens (tertiary/aromatic N) is 3. The van der Waals surface area contributed by atoms with Gasteiger partial charge in [-0.15, -0.1) is 11.3 Å². The molecule has 6 nitrogen and oxygen atoms in total. The van der Waals surface area contributed by atoms with Crippen LogP contribution in [0.25, 0.3) is 37.4 Å². The number of halogens is 1. The Morgan fingerprint density at radius 2 is 2.09 bits per heavy atom. The molecule has 1 saturated heterocycles. The number of benzene rings is 2. The number of carbonyl (C=O) groups is 1. The van der Waals surface area contributed by atoms with E-state index in [0.29, 0.717) is 29.1 Å². The molecule has 1 aliphatic heterocycles. The second-order valence-electron chi connectivity index (χ2n) is 7.86. The predicted octanol–water partition coefficient (Wildman–Crippen LogP) is 5.48. The number of nitrogens with two attached hydrogens (primary N) is 1. The highest BCUT2D eigenvalue weighted by molar-refractivity contribution is 7.18. The number of carbonyl (C=O) groups excluding carboxylic acids is 1. The molecule has 2 N–H and O–H groups in total. The van der Waals surface area contributed by atoms with Gasteiger partial charge in [-0.2, -0.15) is 0 Å². The number of hydrogen-bond acceptors (Lipinski definition) is 5. The molecule has 0 aliphatic carbocycles. The van der Waals surface area contributed by atoms with Crippen molar-refractivity contribution < 1.29 is 13.7 Å². The van der Waals surface area contributed by atoms with Gasteiger partial charge in [-0.1, -0.05) is 17.3 Å². The second-order valence-corrected chi connectivity index (χ2v) is 8.92. The van der Waals surface area contributed by atoms with Crippen molar-refractivity contribution in [2.24, 2.45) is 5.73 Å². The van der Waals surface area contributed by atoms with Gasteiger partial charge in [0.1, 0.15) is 5.82 Å². The molecule has 32 heavy (non-hydrogen) atoms. The number of hydrogen-bond donors (Lipinski definition) is 1. The molecule has 3 heterocycles. The molecular formula is C24H19FN4O2S. The Hall–Kier alpha value is -3.54. The van der Waals surface area contributed by atoms with Gasteiger partial charge >= 0.3 is 0 Å². The van der Waals surface area contributed by atoms with Crippen molar-refractivity contribution in [2.45, 2.75) is 18.9 Å². The molecular weight excluding hydrogens is 427 g/mol. The number of amides is 1. The minimum Gasteiger partial charge on any atom is -0.356 e. The zero-order valence-corrected chi connectivity index (χ0v) is 17.9. The van der Waals surface area contributed by atoms with Crippen molar-refractivity contribution >= 4 is 33.9 Å². The predicted molar refractivity (Wildman–Crippen MR) is 122 cm³/mol. The molecule has 0 radical (unpaired) electrons. The summed E-state index contributed by atoms with van der Waals surface area (Å²) in [5.74, 6) is -0.652. The number of likely N-dealkylation sites (tertiary alicyclic amines) is 1. The van der Waals surface area contributed by atoms with Crippen molar-refractivity contribution in [1.82, 2.24) is 10.1 Å². The lowest BCUT2D eigenvalue weighted by molar-refractivity contribution is 0.0714. The lowest BCUT2D eigenvalue weighted by Crippen LogP contribution is -2.45. The molecule has 2 aromatic carbocycles. The zero-order valence-electron chi connectivity index (χ0n) is 17.0. The zero-order chi connectivity index (χ0) is 22.2. The Bertz CT molecular complexity index is 1370. The third-order valence-corrected chi connectivity index (χ3v) is 6.85. The van der Waals surface area contributed by atoms with Gasteiger partial charge < -0.3 is 15.2 Å². The van der Waals surface area contributed by atoms with Gasteiger partial charge in [-0.25, -0.2) is 9.24 Å². The van der Waals surface area contributed by atoms with Crippen LogP contribution >= 0.6 is 11.3 Å². The third-order valence-electron chi connectivity index (χ3n) is 5.68. The molecule has 0 bridgehead atoms. The molecule has 1 atom stereocenters. The summed E-state index contributed by atoms with van der Waals surface area (Å²) >= 11 is 1.37. The fourth-order valence-electron chi connectivity index (χ4n) is 4.05. The van der Waals surface area contributed by atoms with E-state index in [-0.39, 0.29) is 17.6 Å². The minimum absolute atomic E-state index is 0.0159. The van der Waals surface area contributed by atoms with E-state index < -0.39 is 5.82 Å². The number of thiophene rings is 1. The molecule has 8 heteroatoms. The van der Waals surface area contributed by atoms with E-state index in [9.17, 15) is 9.18 Å². The molecule has 1 fully saturated rings. The highest BCUT2D eigenvalue weighted by Crippen LogP contribution is 2.41. The first-order valence-electron chi connectivity index (χ1n) is 10.2. The Morgan fingerprint density at radius 1 is 1.25 bits per heavy atom. The first-order valence-corrected chi connectivity index (χ1v) is 11.1. The monoisotopic (exact) mass is 446 g/mol. The summed E-state index contributed by atoms with van der Waals surface area (Å²) in [5.41, 5.74) is 8.94. The summed E-state index contributed by atoms with van der Waals surface area (Å²) in [6.07, 6.45) is 3.43. The molecule has 2 aromatic heterocycles. The average Bonchev–Trinajstić information content (AvgIpc) is 3.45. The topological polar surface area (TPSA) is 76.7 Å². The van der Waals surface area contributed by atoms with Gasteiger partial charge in [-0.3, -0.25) is 4.79 Å².